The molecule has 0 radical (unpaired) electrons. The molecule has 7 nitrogen and oxygen atoms in total. The third-order valence-corrected chi connectivity index (χ3v) is 5.69. The fraction of sp³-hybridized carbons (Fsp3) is 0.600. The first kappa shape index (κ1) is 18.3. The monoisotopic (exact) mass is 374 g/mol. The summed E-state index contributed by atoms with van der Waals surface area (Å²) < 4.78 is 17.2. The lowest BCUT2D eigenvalue weighted by molar-refractivity contribution is -0.130. The smallest absolute Gasteiger partial charge is 0.255 e. The second-order valence-corrected chi connectivity index (χ2v) is 7.55. The number of para-hydroxylation sites is 1. The summed E-state index contributed by atoms with van der Waals surface area (Å²) in [6, 6.07) is 7.33. The predicted octanol–water partition coefficient (Wildman–Crippen LogP) is 1.27. The van der Waals surface area contributed by atoms with E-state index in [1.165, 1.54) is 0 Å². The molecule has 1 unspecified atom stereocenters. The van der Waals surface area contributed by atoms with Gasteiger partial charge < -0.3 is 24.8 Å². The van der Waals surface area contributed by atoms with Gasteiger partial charge in [0.1, 0.15) is 11.4 Å². The highest BCUT2D eigenvalue weighted by atomic mass is 16.6. The van der Waals surface area contributed by atoms with Gasteiger partial charge in [0.15, 0.2) is 0 Å². The third-order valence-electron chi connectivity index (χ3n) is 5.69. The summed E-state index contributed by atoms with van der Waals surface area (Å²) in [5, 5.41) is 5.97. The maximum absolute atomic E-state index is 12.5. The molecule has 2 amide bonds. The number of fused-ring (bicyclic) bond motifs is 1. The zero-order chi connectivity index (χ0) is 18.7. The summed E-state index contributed by atoms with van der Waals surface area (Å²) in [5.74, 6) is 0.567. The van der Waals surface area contributed by atoms with E-state index in [1.54, 1.807) is 6.07 Å². The minimum atomic E-state index is -0.431. The Balaban J connectivity index is 1.33. The number of rotatable bonds is 3. The zero-order valence-corrected chi connectivity index (χ0v) is 15.4. The summed E-state index contributed by atoms with van der Waals surface area (Å²) in [4.78, 5) is 24.8. The largest absolute Gasteiger partial charge is 0.485 e. The molecule has 1 spiro atoms. The summed E-state index contributed by atoms with van der Waals surface area (Å²) >= 11 is 0. The quantitative estimate of drug-likeness (QED) is 0.832. The maximum Gasteiger partial charge on any atom is 0.255 e. The minimum absolute atomic E-state index is 0.0297. The molecule has 2 aliphatic heterocycles. The molecule has 4 rings (SSSR count). The van der Waals surface area contributed by atoms with Crippen LogP contribution in [0.1, 0.15) is 36.0 Å². The second-order valence-electron chi connectivity index (χ2n) is 7.55. The Morgan fingerprint density at radius 2 is 2.04 bits per heavy atom. The molecule has 2 fully saturated rings. The van der Waals surface area contributed by atoms with Gasteiger partial charge in [-0.1, -0.05) is 12.1 Å². The topological polar surface area (TPSA) is 85.9 Å². The standard InChI is InChI=1S/C20H26N2O5/c23-18(21-11-15-12-25-9-10-26-15)14-5-7-20(8-6-14)13-22-19(24)16-3-1-2-4-17(16)27-20/h1-4,14-15H,5-13H2,(H,21,23)(H,22,24). The minimum Gasteiger partial charge on any atom is -0.485 e. The Morgan fingerprint density at radius 3 is 2.81 bits per heavy atom. The van der Waals surface area contributed by atoms with Gasteiger partial charge in [-0.15, -0.1) is 0 Å². The molecule has 146 valence electrons. The molecule has 1 aromatic rings. The van der Waals surface area contributed by atoms with Crippen LogP contribution in [0.2, 0.25) is 0 Å². The van der Waals surface area contributed by atoms with E-state index in [0.29, 0.717) is 44.2 Å². The van der Waals surface area contributed by atoms with Crippen molar-refractivity contribution in [3.63, 3.8) is 0 Å². The Labute approximate surface area is 158 Å². The average Bonchev–Trinajstić information content (AvgIpc) is 2.85. The number of nitrogens with one attached hydrogen (secondary N) is 2. The Hall–Kier alpha value is -2.12. The van der Waals surface area contributed by atoms with Crippen LogP contribution in [-0.2, 0) is 14.3 Å². The number of carbonyl (C=O) groups is 2. The van der Waals surface area contributed by atoms with Crippen LogP contribution in [-0.4, -0.2) is 56.4 Å². The van der Waals surface area contributed by atoms with Crippen LogP contribution in [0.5, 0.6) is 5.75 Å². The lowest BCUT2D eigenvalue weighted by Crippen LogP contribution is -2.50. The van der Waals surface area contributed by atoms with Crippen molar-refractivity contribution in [2.45, 2.75) is 37.4 Å². The van der Waals surface area contributed by atoms with Gasteiger partial charge in [-0.2, -0.15) is 0 Å². The molecular weight excluding hydrogens is 348 g/mol. The van der Waals surface area contributed by atoms with Gasteiger partial charge in [-0.25, -0.2) is 0 Å². The normalized spacial score (nSPS) is 30.6. The van der Waals surface area contributed by atoms with Crippen molar-refractivity contribution in [2.75, 3.05) is 32.9 Å². The van der Waals surface area contributed by atoms with E-state index in [0.717, 1.165) is 25.7 Å². The molecule has 2 heterocycles. The molecular formula is C20H26N2O5. The van der Waals surface area contributed by atoms with E-state index >= 15 is 0 Å². The van der Waals surface area contributed by atoms with E-state index in [-0.39, 0.29) is 23.8 Å². The Kier molecular flexibility index (Phi) is 5.31. The van der Waals surface area contributed by atoms with Gasteiger partial charge in [0.2, 0.25) is 5.91 Å². The van der Waals surface area contributed by atoms with E-state index in [9.17, 15) is 9.59 Å². The molecule has 1 saturated heterocycles. The van der Waals surface area contributed by atoms with Crippen LogP contribution in [0.3, 0.4) is 0 Å². The number of benzene rings is 1. The van der Waals surface area contributed by atoms with Gasteiger partial charge in [0.25, 0.3) is 5.91 Å². The lowest BCUT2D eigenvalue weighted by atomic mass is 9.78. The van der Waals surface area contributed by atoms with Crippen LogP contribution in [0.15, 0.2) is 24.3 Å². The summed E-state index contributed by atoms with van der Waals surface area (Å²) in [7, 11) is 0. The summed E-state index contributed by atoms with van der Waals surface area (Å²) in [5.41, 5.74) is 0.142. The highest BCUT2D eigenvalue weighted by molar-refractivity contribution is 5.97. The highest BCUT2D eigenvalue weighted by Gasteiger charge is 2.41. The van der Waals surface area contributed by atoms with Crippen LogP contribution in [0.25, 0.3) is 0 Å². The van der Waals surface area contributed by atoms with E-state index < -0.39 is 5.60 Å². The molecule has 0 bridgehead atoms. The van der Waals surface area contributed by atoms with Crippen LogP contribution in [0.4, 0.5) is 0 Å². The molecule has 1 atom stereocenters. The summed E-state index contributed by atoms with van der Waals surface area (Å²) in [6.07, 6.45) is 2.90. The van der Waals surface area contributed by atoms with Gasteiger partial charge >= 0.3 is 0 Å². The molecule has 0 aromatic heterocycles. The van der Waals surface area contributed by atoms with Crippen LogP contribution < -0.4 is 15.4 Å². The maximum atomic E-state index is 12.5. The van der Waals surface area contributed by atoms with Crippen molar-refractivity contribution in [1.29, 1.82) is 0 Å². The highest BCUT2D eigenvalue weighted by Crippen LogP contribution is 2.38. The molecule has 1 saturated carbocycles. The number of hydrogen-bond donors (Lipinski definition) is 2. The van der Waals surface area contributed by atoms with Gasteiger partial charge in [0, 0.05) is 12.5 Å². The van der Waals surface area contributed by atoms with Crippen molar-refractivity contribution in [1.82, 2.24) is 10.6 Å². The average molecular weight is 374 g/mol. The molecule has 1 aliphatic carbocycles. The Morgan fingerprint density at radius 1 is 1.22 bits per heavy atom. The molecule has 3 aliphatic rings. The van der Waals surface area contributed by atoms with Crippen molar-refractivity contribution < 1.29 is 23.8 Å². The van der Waals surface area contributed by atoms with Gasteiger partial charge in [-0.3, -0.25) is 9.59 Å². The van der Waals surface area contributed by atoms with Crippen LogP contribution >= 0.6 is 0 Å². The van der Waals surface area contributed by atoms with E-state index in [2.05, 4.69) is 10.6 Å². The van der Waals surface area contributed by atoms with E-state index in [4.69, 9.17) is 14.2 Å². The SMILES string of the molecule is O=C1NCC2(CCC(C(=O)NCC3COCCO3)CC2)Oc2ccccc21. The van der Waals surface area contributed by atoms with E-state index in [1.807, 2.05) is 18.2 Å². The van der Waals surface area contributed by atoms with Crippen molar-refractivity contribution >= 4 is 11.8 Å². The van der Waals surface area contributed by atoms with Gasteiger partial charge in [0.05, 0.1) is 38.0 Å². The lowest BCUT2D eigenvalue weighted by Gasteiger charge is -2.39. The fourth-order valence-electron chi connectivity index (χ4n) is 4.05. The first-order chi connectivity index (χ1) is 13.2. The number of amides is 2. The predicted molar refractivity (Wildman–Crippen MR) is 97.7 cm³/mol. The molecule has 7 heteroatoms. The number of ether oxygens (including phenoxy) is 3. The molecule has 1 aromatic carbocycles. The first-order valence-corrected chi connectivity index (χ1v) is 9.69. The van der Waals surface area contributed by atoms with Crippen molar-refractivity contribution in [2.24, 2.45) is 5.92 Å². The number of carbonyl (C=O) groups excluding carboxylic acids is 2. The Bertz CT molecular complexity index is 693. The summed E-state index contributed by atoms with van der Waals surface area (Å²) in [6.45, 7) is 2.69. The fourth-order valence-corrected chi connectivity index (χ4v) is 4.05. The van der Waals surface area contributed by atoms with Crippen LogP contribution in [0, 0.1) is 5.92 Å². The van der Waals surface area contributed by atoms with Crippen molar-refractivity contribution in [3.05, 3.63) is 29.8 Å². The number of hydrogen-bond acceptors (Lipinski definition) is 5. The zero-order valence-electron chi connectivity index (χ0n) is 15.4. The second kappa shape index (κ2) is 7.86. The molecule has 27 heavy (non-hydrogen) atoms. The third kappa shape index (κ3) is 4.09. The first-order valence-electron chi connectivity index (χ1n) is 9.69. The molecule has 2 N–H and O–H groups in total. The van der Waals surface area contributed by atoms with Gasteiger partial charge in [-0.05, 0) is 37.8 Å². The van der Waals surface area contributed by atoms with Crippen molar-refractivity contribution in [3.8, 4) is 5.75 Å².